The van der Waals surface area contributed by atoms with Crippen molar-refractivity contribution < 1.29 is 28.3 Å². The second-order valence-corrected chi connectivity index (χ2v) is 8.21. The molecule has 0 spiro atoms. The molecule has 9 heteroatoms. The zero-order valence-electron chi connectivity index (χ0n) is 21.2. The minimum Gasteiger partial charge on any atom is -0.497 e. The second-order valence-electron chi connectivity index (χ2n) is 8.21. The zero-order chi connectivity index (χ0) is 26.3. The van der Waals surface area contributed by atoms with Crippen molar-refractivity contribution in [1.82, 2.24) is 9.78 Å². The lowest BCUT2D eigenvalue weighted by molar-refractivity contribution is -0.119. The molecule has 0 aliphatic carbocycles. The smallest absolute Gasteiger partial charge is 0.356 e. The lowest BCUT2D eigenvalue weighted by Crippen LogP contribution is -2.39. The molecule has 0 atom stereocenters. The normalized spacial score (nSPS) is 17.6. The third-order valence-electron chi connectivity index (χ3n) is 6.21. The van der Waals surface area contributed by atoms with Crippen LogP contribution in [-0.2, 0) is 11.2 Å². The fourth-order valence-corrected chi connectivity index (χ4v) is 4.51. The molecule has 0 bridgehead atoms. The third kappa shape index (κ3) is 3.68. The van der Waals surface area contributed by atoms with Gasteiger partial charge in [-0.25, -0.2) is 9.48 Å². The van der Waals surface area contributed by atoms with E-state index in [1.807, 2.05) is 12.1 Å². The fourth-order valence-electron chi connectivity index (χ4n) is 4.51. The van der Waals surface area contributed by atoms with Crippen LogP contribution in [0.4, 0.5) is 11.4 Å². The Kier molecular flexibility index (Phi) is 4.66. The van der Waals surface area contributed by atoms with Crippen LogP contribution in [0.1, 0.15) is 49.9 Å². The molecule has 0 saturated carbocycles. The Labute approximate surface area is 200 Å². The maximum Gasteiger partial charge on any atom is 0.356 e. The van der Waals surface area contributed by atoms with Crippen LogP contribution in [0.15, 0.2) is 48.5 Å². The topological polar surface area (TPSA) is 105 Å². The van der Waals surface area contributed by atoms with Gasteiger partial charge in [-0.05, 0) is 67.8 Å². The fraction of sp³-hybridized carbons (Fsp3) is 0.280. The first-order chi connectivity index (χ1) is 17.6. The van der Waals surface area contributed by atoms with Crippen molar-refractivity contribution in [2.45, 2.75) is 25.7 Å². The Hall–Kier alpha value is -4.14. The van der Waals surface area contributed by atoms with Gasteiger partial charge >= 0.3 is 5.97 Å². The number of fused-ring (bicyclic) bond motifs is 1. The lowest BCUT2D eigenvalue weighted by atomic mass is 10.0. The van der Waals surface area contributed by atoms with Crippen molar-refractivity contribution in [2.24, 2.45) is 0 Å². The van der Waals surface area contributed by atoms with E-state index in [0.717, 1.165) is 18.5 Å². The molecule has 0 unspecified atom stereocenters. The van der Waals surface area contributed by atoms with Gasteiger partial charge in [-0.1, -0.05) is 0 Å². The number of carbonyl (C=O) groups is 3. The first kappa shape index (κ1) is 18.3. The molecule has 3 aromatic rings. The summed E-state index contributed by atoms with van der Waals surface area (Å²) in [6, 6.07) is 13.0. The average molecular weight is 464 g/mol. The van der Waals surface area contributed by atoms with Crippen molar-refractivity contribution in [3.05, 3.63) is 65.5 Å². The number of anilines is 2. The van der Waals surface area contributed by atoms with Crippen molar-refractivity contribution in [2.75, 3.05) is 29.9 Å². The lowest BCUT2D eigenvalue weighted by Gasteiger charge is -2.29. The van der Waals surface area contributed by atoms with Crippen molar-refractivity contribution in [1.29, 1.82) is 0 Å². The summed E-state index contributed by atoms with van der Waals surface area (Å²) in [6.45, 7) is 0.933. The molecule has 174 valence electrons. The first-order valence-electron chi connectivity index (χ1n) is 12.5. The summed E-state index contributed by atoms with van der Waals surface area (Å²) in [5.74, 6) is -1.47. The number of rotatable bonds is 5. The number of carboxylic acid groups (broad SMARTS) is 1. The molecular weight excluding hydrogens is 436 g/mol. The van der Waals surface area contributed by atoms with Gasteiger partial charge in [0.15, 0.2) is 5.69 Å². The summed E-state index contributed by atoms with van der Waals surface area (Å²) in [7, 11) is -2.61. The number of ether oxygens (including phenoxy) is 1. The number of piperidine rings is 1. The van der Waals surface area contributed by atoms with Crippen LogP contribution in [-0.4, -0.2) is 52.8 Å². The largest absolute Gasteiger partial charge is 0.497 e. The van der Waals surface area contributed by atoms with Crippen LogP contribution < -0.4 is 14.5 Å². The molecule has 1 N–H and O–H groups in total. The standard InChI is InChI=1S/C25H24N4O5/c1-34-19-11-9-18(10-12-19)29-23-20(22(26-29)25(32)33)13-15-28(24(23)31)17-7-5-16(6-8-17)27-14-3-2-4-21(27)30/h5-12H,2-4,13-15H2,1H3,(H,32,33)/i1D3. The molecule has 2 amide bonds. The van der Waals surface area contributed by atoms with Crippen LogP contribution >= 0.6 is 0 Å². The van der Waals surface area contributed by atoms with E-state index in [1.54, 1.807) is 21.9 Å². The predicted molar refractivity (Wildman–Crippen MR) is 125 cm³/mol. The van der Waals surface area contributed by atoms with Gasteiger partial charge in [-0.2, -0.15) is 5.10 Å². The summed E-state index contributed by atoms with van der Waals surface area (Å²) in [6.07, 6.45) is 2.64. The van der Waals surface area contributed by atoms with E-state index in [2.05, 4.69) is 5.10 Å². The van der Waals surface area contributed by atoms with E-state index >= 15 is 0 Å². The summed E-state index contributed by atoms with van der Waals surface area (Å²) >= 11 is 0. The Morgan fingerprint density at radius 1 is 0.941 bits per heavy atom. The monoisotopic (exact) mass is 463 g/mol. The molecule has 1 aromatic heterocycles. The molecule has 2 aliphatic heterocycles. The first-order valence-corrected chi connectivity index (χ1v) is 11.0. The molecular formula is C25H24N4O5. The highest BCUT2D eigenvalue weighted by Crippen LogP contribution is 2.31. The van der Waals surface area contributed by atoms with Crippen LogP contribution in [0.5, 0.6) is 5.75 Å². The predicted octanol–water partition coefficient (Wildman–Crippen LogP) is 3.30. The van der Waals surface area contributed by atoms with Gasteiger partial charge in [0.1, 0.15) is 11.4 Å². The van der Waals surface area contributed by atoms with Crippen LogP contribution in [0.25, 0.3) is 5.69 Å². The van der Waals surface area contributed by atoms with Gasteiger partial charge < -0.3 is 19.6 Å². The molecule has 9 nitrogen and oxygen atoms in total. The molecule has 1 saturated heterocycles. The number of hydrogen-bond acceptors (Lipinski definition) is 5. The van der Waals surface area contributed by atoms with E-state index in [9.17, 15) is 19.5 Å². The Morgan fingerprint density at radius 3 is 2.26 bits per heavy atom. The maximum atomic E-state index is 13.6. The van der Waals surface area contributed by atoms with E-state index in [4.69, 9.17) is 8.85 Å². The van der Waals surface area contributed by atoms with Crippen LogP contribution in [0.2, 0.25) is 0 Å². The molecule has 2 aliphatic rings. The Morgan fingerprint density at radius 2 is 1.62 bits per heavy atom. The maximum absolute atomic E-state index is 13.6. The highest BCUT2D eigenvalue weighted by Gasteiger charge is 2.35. The van der Waals surface area contributed by atoms with Gasteiger partial charge in [0.25, 0.3) is 5.91 Å². The van der Waals surface area contributed by atoms with Gasteiger partial charge in [-0.15, -0.1) is 0 Å². The zero-order valence-corrected chi connectivity index (χ0v) is 18.2. The summed E-state index contributed by atoms with van der Waals surface area (Å²) in [5.41, 5.74) is 2.04. The van der Waals surface area contributed by atoms with Crippen molar-refractivity contribution in [3.63, 3.8) is 0 Å². The minimum absolute atomic E-state index is 0.0816. The number of carboxylic acids is 1. The summed E-state index contributed by atoms with van der Waals surface area (Å²) < 4.78 is 27.9. The number of carbonyl (C=O) groups excluding carboxylic acids is 2. The summed E-state index contributed by atoms with van der Waals surface area (Å²) in [4.78, 5) is 41.1. The number of benzene rings is 2. The number of hydrogen-bond donors (Lipinski definition) is 1. The third-order valence-corrected chi connectivity index (χ3v) is 6.21. The van der Waals surface area contributed by atoms with Gasteiger partial charge in [0.2, 0.25) is 5.91 Å². The highest BCUT2D eigenvalue weighted by molar-refractivity contribution is 6.09. The number of amides is 2. The van der Waals surface area contributed by atoms with E-state index < -0.39 is 18.9 Å². The average Bonchev–Trinajstić information content (AvgIpc) is 3.25. The second kappa shape index (κ2) is 8.66. The molecule has 3 heterocycles. The van der Waals surface area contributed by atoms with Gasteiger partial charge in [0.05, 0.1) is 16.8 Å². The van der Waals surface area contributed by atoms with Gasteiger partial charge in [0, 0.05) is 36.4 Å². The van der Waals surface area contributed by atoms with Gasteiger partial charge in [-0.3, -0.25) is 9.59 Å². The molecule has 1 fully saturated rings. The number of aromatic carboxylic acids is 1. The van der Waals surface area contributed by atoms with Crippen LogP contribution in [0.3, 0.4) is 0 Å². The quantitative estimate of drug-likeness (QED) is 0.623. The van der Waals surface area contributed by atoms with Crippen molar-refractivity contribution in [3.8, 4) is 11.4 Å². The summed E-state index contributed by atoms with van der Waals surface area (Å²) in [5, 5.41) is 13.9. The minimum atomic E-state index is -2.61. The number of aromatic nitrogens is 2. The van der Waals surface area contributed by atoms with Crippen molar-refractivity contribution >= 4 is 29.2 Å². The highest BCUT2D eigenvalue weighted by atomic mass is 16.5. The Balaban J connectivity index is 1.46. The van der Waals surface area contributed by atoms with E-state index in [0.29, 0.717) is 29.9 Å². The molecule has 2 aromatic carbocycles. The Bertz CT molecular complexity index is 1370. The molecule has 5 rings (SSSR count). The number of nitrogens with zero attached hydrogens (tertiary/aromatic N) is 4. The number of methoxy groups -OCH3 is 1. The van der Waals surface area contributed by atoms with Crippen LogP contribution in [0, 0.1) is 0 Å². The molecule has 0 radical (unpaired) electrons. The van der Waals surface area contributed by atoms with E-state index in [-0.39, 0.29) is 36.0 Å². The van der Waals surface area contributed by atoms with E-state index in [1.165, 1.54) is 28.9 Å². The SMILES string of the molecule is [2H]C([2H])([2H])Oc1ccc(-n2nc(C(=O)O)c3c2C(=O)N(c2ccc(N4CCCCC4=O)cc2)CC3)cc1. The molecule has 34 heavy (non-hydrogen) atoms.